The summed E-state index contributed by atoms with van der Waals surface area (Å²) in [7, 11) is 3.35. The van der Waals surface area contributed by atoms with E-state index < -0.39 is 0 Å². The standard InChI is InChI=1S/C14H22BrNO2/c1-4-9-16-13(14(17-2)18-3)10-11-7-5-6-8-12(11)15/h5-8,13-14,16H,4,9-10H2,1-3H3. The lowest BCUT2D eigenvalue weighted by molar-refractivity contribution is -0.122. The molecule has 0 radical (unpaired) electrons. The van der Waals surface area contributed by atoms with Crippen molar-refractivity contribution in [1.82, 2.24) is 5.32 Å². The first kappa shape index (κ1) is 15.6. The summed E-state index contributed by atoms with van der Waals surface area (Å²) in [6.07, 6.45) is 1.73. The third kappa shape index (κ3) is 4.69. The first-order valence-corrected chi connectivity index (χ1v) is 7.04. The number of rotatable bonds is 8. The van der Waals surface area contributed by atoms with E-state index in [-0.39, 0.29) is 12.3 Å². The number of nitrogens with one attached hydrogen (secondary N) is 1. The molecule has 0 fully saturated rings. The fraction of sp³-hybridized carbons (Fsp3) is 0.571. The molecule has 18 heavy (non-hydrogen) atoms. The Hall–Kier alpha value is -0.420. The van der Waals surface area contributed by atoms with Crippen LogP contribution in [0.4, 0.5) is 0 Å². The molecule has 1 aromatic rings. The zero-order chi connectivity index (χ0) is 13.4. The Morgan fingerprint density at radius 3 is 2.44 bits per heavy atom. The van der Waals surface area contributed by atoms with Gasteiger partial charge in [0.25, 0.3) is 0 Å². The molecular weight excluding hydrogens is 294 g/mol. The fourth-order valence-corrected chi connectivity index (χ4v) is 2.37. The van der Waals surface area contributed by atoms with E-state index in [4.69, 9.17) is 9.47 Å². The van der Waals surface area contributed by atoms with E-state index in [2.05, 4.69) is 40.3 Å². The van der Waals surface area contributed by atoms with Crippen LogP contribution in [0.3, 0.4) is 0 Å². The zero-order valence-corrected chi connectivity index (χ0v) is 12.9. The molecule has 0 bridgehead atoms. The molecule has 102 valence electrons. The number of hydrogen-bond donors (Lipinski definition) is 1. The van der Waals surface area contributed by atoms with Gasteiger partial charge in [-0.05, 0) is 31.0 Å². The Bertz CT molecular complexity index is 342. The van der Waals surface area contributed by atoms with E-state index in [0.29, 0.717) is 0 Å². The number of halogens is 1. The van der Waals surface area contributed by atoms with Crippen LogP contribution in [0.2, 0.25) is 0 Å². The van der Waals surface area contributed by atoms with Gasteiger partial charge in [-0.3, -0.25) is 0 Å². The van der Waals surface area contributed by atoms with E-state index in [0.717, 1.165) is 23.9 Å². The predicted octanol–water partition coefficient (Wildman–Crippen LogP) is 2.98. The van der Waals surface area contributed by atoms with Crippen LogP contribution in [0.5, 0.6) is 0 Å². The summed E-state index contributed by atoms with van der Waals surface area (Å²) >= 11 is 3.58. The second-order valence-corrected chi connectivity index (χ2v) is 5.05. The van der Waals surface area contributed by atoms with Crippen molar-refractivity contribution in [3.63, 3.8) is 0 Å². The van der Waals surface area contributed by atoms with Gasteiger partial charge in [-0.1, -0.05) is 41.1 Å². The first-order chi connectivity index (χ1) is 8.72. The highest BCUT2D eigenvalue weighted by atomic mass is 79.9. The van der Waals surface area contributed by atoms with Crippen molar-refractivity contribution in [2.45, 2.75) is 32.1 Å². The van der Waals surface area contributed by atoms with Crippen LogP contribution in [0.15, 0.2) is 28.7 Å². The number of ether oxygens (including phenoxy) is 2. The maximum Gasteiger partial charge on any atom is 0.172 e. The second kappa shape index (κ2) is 8.64. The highest BCUT2D eigenvalue weighted by molar-refractivity contribution is 9.10. The second-order valence-electron chi connectivity index (χ2n) is 4.20. The summed E-state index contributed by atoms with van der Waals surface area (Å²) in [5.74, 6) is 0. The monoisotopic (exact) mass is 315 g/mol. The lowest BCUT2D eigenvalue weighted by Crippen LogP contribution is -2.44. The summed E-state index contributed by atoms with van der Waals surface area (Å²) in [6, 6.07) is 8.39. The summed E-state index contributed by atoms with van der Waals surface area (Å²) in [5.41, 5.74) is 1.25. The summed E-state index contributed by atoms with van der Waals surface area (Å²) in [4.78, 5) is 0. The first-order valence-electron chi connectivity index (χ1n) is 6.25. The molecular formula is C14H22BrNO2. The van der Waals surface area contributed by atoms with E-state index in [1.165, 1.54) is 5.56 Å². The van der Waals surface area contributed by atoms with Crippen LogP contribution in [0.1, 0.15) is 18.9 Å². The molecule has 1 N–H and O–H groups in total. The SMILES string of the molecule is CCCNC(Cc1ccccc1Br)C(OC)OC. The molecule has 4 heteroatoms. The van der Waals surface area contributed by atoms with Crippen molar-refractivity contribution in [1.29, 1.82) is 0 Å². The summed E-state index contributed by atoms with van der Waals surface area (Å²) in [6.45, 7) is 3.11. The Balaban J connectivity index is 2.74. The topological polar surface area (TPSA) is 30.5 Å². The minimum atomic E-state index is -0.233. The van der Waals surface area contributed by atoms with Crippen LogP contribution < -0.4 is 5.32 Å². The minimum Gasteiger partial charge on any atom is -0.354 e. The Labute approximate surface area is 118 Å². The van der Waals surface area contributed by atoms with E-state index >= 15 is 0 Å². The molecule has 0 heterocycles. The van der Waals surface area contributed by atoms with Gasteiger partial charge in [0.05, 0.1) is 6.04 Å². The van der Waals surface area contributed by atoms with Gasteiger partial charge < -0.3 is 14.8 Å². The van der Waals surface area contributed by atoms with E-state index in [1.54, 1.807) is 14.2 Å². The maximum absolute atomic E-state index is 5.37. The van der Waals surface area contributed by atoms with Gasteiger partial charge in [-0.2, -0.15) is 0 Å². The van der Waals surface area contributed by atoms with Crippen molar-refractivity contribution in [2.24, 2.45) is 0 Å². The molecule has 0 aliphatic heterocycles. The average molecular weight is 316 g/mol. The van der Waals surface area contributed by atoms with Crippen LogP contribution >= 0.6 is 15.9 Å². The van der Waals surface area contributed by atoms with Crippen LogP contribution in [-0.4, -0.2) is 33.1 Å². The molecule has 1 atom stereocenters. The highest BCUT2D eigenvalue weighted by Gasteiger charge is 2.21. The van der Waals surface area contributed by atoms with Crippen molar-refractivity contribution in [3.8, 4) is 0 Å². The quantitative estimate of drug-likeness (QED) is 0.748. The smallest absolute Gasteiger partial charge is 0.172 e. The maximum atomic E-state index is 5.37. The molecule has 0 aliphatic rings. The highest BCUT2D eigenvalue weighted by Crippen LogP contribution is 2.19. The molecule has 1 aromatic carbocycles. The Morgan fingerprint density at radius 1 is 1.22 bits per heavy atom. The summed E-state index contributed by atoms with van der Waals surface area (Å²) in [5, 5.41) is 3.48. The molecule has 3 nitrogen and oxygen atoms in total. The van der Waals surface area contributed by atoms with E-state index in [1.807, 2.05) is 12.1 Å². The zero-order valence-electron chi connectivity index (χ0n) is 11.3. The average Bonchev–Trinajstić information content (AvgIpc) is 2.39. The largest absolute Gasteiger partial charge is 0.354 e. The summed E-state index contributed by atoms with van der Waals surface area (Å²) < 4.78 is 11.9. The van der Waals surface area contributed by atoms with Gasteiger partial charge in [0, 0.05) is 18.7 Å². The van der Waals surface area contributed by atoms with Gasteiger partial charge in [0.1, 0.15) is 0 Å². The van der Waals surface area contributed by atoms with Crippen molar-refractivity contribution in [2.75, 3.05) is 20.8 Å². The molecule has 0 amide bonds. The third-order valence-corrected chi connectivity index (χ3v) is 3.62. The Kier molecular flexibility index (Phi) is 7.51. The molecule has 1 unspecified atom stereocenters. The Morgan fingerprint density at radius 2 is 1.89 bits per heavy atom. The number of hydrogen-bond acceptors (Lipinski definition) is 3. The van der Waals surface area contributed by atoms with Gasteiger partial charge >= 0.3 is 0 Å². The van der Waals surface area contributed by atoms with Crippen LogP contribution in [0, 0.1) is 0 Å². The van der Waals surface area contributed by atoms with Gasteiger partial charge in [0.15, 0.2) is 6.29 Å². The van der Waals surface area contributed by atoms with Gasteiger partial charge in [0.2, 0.25) is 0 Å². The van der Waals surface area contributed by atoms with Crippen molar-refractivity contribution >= 4 is 15.9 Å². The number of methoxy groups -OCH3 is 2. The molecule has 0 spiro atoms. The predicted molar refractivity (Wildman–Crippen MR) is 77.7 cm³/mol. The van der Waals surface area contributed by atoms with Gasteiger partial charge in [-0.15, -0.1) is 0 Å². The molecule has 0 saturated carbocycles. The molecule has 0 aromatic heterocycles. The number of benzene rings is 1. The lowest BCUT2D eigenvalue weighted by Gasteiger charge is -2.26. The van der Waals surface area contributed by atoms with Gasteiger partial charge in [-0.25, -0.2) is 0 Å². The molecule has 1 rings (SSSR count). The van der Waals surface area contributed by atoms with Crippen LogP contribution in [-0.2, 0) is 15.9 Å². The van der Waals surface area contributed by atoms with Crippen molar-refractivity contribution in [3.05, 3.63) is 34.3 Å². The molecule has 0 aliphatic carbocycles. The van der Waals surface area contributed by atoms with Crippen molar-refractivity contribution < 1.29 is 9.47 Å². The van der Waals surface area contributed by atoms with Crippen LogP contribution in [0.25, 0.3) is 0 Å². The molecule has 0 saturated heterocycles. The lowest BCUT2D eigenvalue weighted by atomic mass is 10.1. The normalized spacial score (nSPS) is 12.9. The fourth-order valence-electron chi connectivity index (χ4n) is 1.92. The minimum absolute atomic E-state index is 0.152. The van der Waals surface area contributed by atoms with E-state index in [9.17, 15) is 0 Å². The third-order valence-electron chi connectivity index (χ3n) is 2.85.